The van der Waals surface area contributed by atoms with Gasteiger partial charge in [-0.1, -0.05) is 18.2 Å². The number of hydrogen-bond acceptors (Lipinski definition) is 3. The highest BCUT2D eigenvalue weighted by atomic mass is 16.7. The summed E-state index contributed by atoms with van der Waals surface area (Å²) in [5, 5.41) is 0. The SMILES string of the molecule is COCCOCOC#Cc1ccccc1. The van der Waals surface area contributed by atoms with Crippen LogP contribution in [0.3, 0.4) is 0 Å². The van der Waals surface area contributed by atoms with Gasteiger partial charge in [0.15, 0.2) is 6.79 Å². The molecule has 80 valence electrons. The first-order chi connectivity index (χ1) is 7.43. The number of rotatable bonds is 5. The fourth-order valence-corrected chi connectivity index (χ4v) is 0.889. The van der Waals surface area contributed by atoms with Crippen molar-refractivity contribution >= 4 is 0 Å². The van der Waals surface area contributed by atoms with Gasteiger partial charge in [-0.25, -0.2) is 0 Å². The van der Waals surface area contributed by atoms with Crippen LogP contribution in [0.1, 0.15) is 5.56 Å². The quantitative estimate of drug-likeness (QED) is 0.416. The van der Waals surface area contributed by atoms with Crippen molar-refractivity contribution in [3.8, 4) is 12.0 Å². The average molecular weight is 206 g/mol. The van der Waals surface area contributed by atoms with Gasteiger partial charge in [0.25, 0.3) is 0 Å². The van der Waals surface area contributed by atoms with Crippen LogP contribution in [0, 0.1) is 12.0 Å². The standard InChI is InChI=1S/C12H14O3/c1-13-9-10-15-11-14-8-7-12-5-3-2-4-6-12/h2-6H,9-11H2,1H3. The van der Waals surface area contributed by atoms with Crippen molar-refractivity contribution in [2.45, 2.75) is 0 Å². The third-order valence-corrected chi connectivity index (χ3v) is 1.62. The van der Waals surface area contributed by atoms with Crippen molar-refractivity contribution in [2.24, 2.45) is 0 Å². The van der Waals surface area contributed by atoms with Crippen LogP contribution in [-0.4, -0.2) is 27.1 Å². The molecule has 0 amide bonds. The Morgan fingerprint density at radius 3 is 2.67 bits per heavy atom. The van der Waals surface area contributed by atoms with E-state index < -0.39 is 0 Å². The van der Waals surface area contributed by atoms with Gasteiger partial charge in [-0.2, -0.15) is 0 Å². The zero-order chi connectivity index (χ0) is 10.8. The second-order valence-corrected chi connectivity index (χ2v) is 2.76. The molecule has 0 aliphatic carbocycles. The maximum Gasteiger partial charge on any atom is 0.199 e. The Morgan fingerprint density at radius 1 is 1.13 bits per heavy atom. The molecular weight excluding hydrogens is 192 g/mol. The fraction of sp³-hybridized carbons (Fsp3) is 0.333. The van der Waals surface area contributed by atoms with E-state index in [1.54, 1.807) is 7.11 Å². The largest absolute Gasteiger partial charge is 0.417 e. The topological polar surface area (TPSA) is 27.7 Å². The lowest BCUT2D eigenvalue weighted by Crippen LogP contribution is -2.03. The summed E-state index contributed by atoms with van der Waals surface area (Å²) in [6.45, 7) is 1.25. The second kappa shape index (κ2) is 7.86. The van der Waals surface area contributed by atoms with Crippen molar-refractivity contribution in [3.05, 3.63) is 35.9 Å². The predicted molar refractivity (Wildman–Crippen MR) is 57.1 cm³/mol. The van der Waals surface area contributed by atoms with Gasteiger partial charge in [-0.05, 0) is 18.1 Å². The molecule has 1 aromatic carbocycles. The van der Waals surface area contributed by atoms with Gasteiger partial charge in [0.05, 0.1) is 13.2 Å². The minimum absolute atomic E-state index is 0.170. The van der Waals surface area contributed by atoms with Crippen molar-refractivity contribution in [1.82, 2.24) is 0 Å². The molecule has 3 heteroatoms. The molecule has 0 spiro atoms. The number of methoxy groups -OCH3 is 1. The summed E-state index contributed by atoms with van der Waals surface area (Å²) >= 11 is 0. The lowest BCUT2D eigenvalue weighted by Gasteiger charge is -1.99. The molecule has 1 aromatic rings. The number of benzene rings is 1. The van der Waals surface area contributed by atoms with E-state index in [9.17, 15) is 0 Å². The third-order valence-electron chi connectivity index (χ3n) is 1.62. The summed E-state index contributed by atoms with van der Waals surface area (Å²) in [4.78, 5) is 0. The van der Waals surface area contributed by atoms with Gasteiger partial charge in [0.1, 0.15) is 6.11 Å². The molecule has 0 aromatic heterocycles. The Kier molecular flexibility index (Phi) is 6.07. The predicted octanol–water partition coefficient (Wildman–Crippen LogP) is 1.63. The molecule has 0 fully saturated rings. The van der Waals surface area contributed by atoms with Crippen LogP contribution in [0.5, 0.6) is 0 Å². The molecule has 0 atom stereocenters. The van der Waals surface area contributed by atoms with Gasteiger partial charge >= 0.3 is 0 Å². The van der Waals surface area contributed by atoms with E-state index in [1.165, 1.54) is 0 Å². The van der Waals surface area contributed by atoms with Crippen LogP contribution in [0.15, 0.2) is 30.3 Å². The first-order valence-electron chi connectivity index (χ1n) is 4.68. The molecule has 0 saturated heterocycles. The zero-order valence-electron chi connectivity index (χ0n) is 8.73. The smallest absolute Gasteiger partial charge is 0.199 e. The van der Waals surface area contributed by atoms with E-state index in [1.807, 2.05) is 30.3 Å². The molecule has 0 heterocycles. The van der Waals surface area contributed by atoms with E-state index in [0.717, 1.165) is 5.56 Å². The first kappa shape index (κ1) is 11.6. The van der Waals surface area contributed by atoms with Crippen molar-refractivity contribution < 1.29 is 14.2 Å². The van der Waals surface area contributed by atoms with Crippen LogP contribution < -0.4 is 0 Å². The van der Waals surface area contributed by atoms with Gasteiger partial charge in [-0.15, -0.1) is 0 Å². The molecule has 0 N–H and O–H groups in total. The molecule has 3 nitrogen and oxygen atoms in total. The Labute approximate surface area is 90.0 Å². The van der Waals surface area contributed by atoms with Crippen molar-refractivity contribution in [3.63, 3.8) is 0 Å². The summed E-state index contributed by atoms with van der Waals surface area (Å²) in [5.41, 5.74) is 0.925. The fourth-order valence-electron chi connectivity index (χ4n) is 0.889. The maximum atomic E-state index is 5.06. The van der Waals surface area contributed by atoms with Gasteiger partial charge in [0.2, 0.25) is 0 Å². The minimum Gasteiger partial charge on any atom is -0.417 e. The highest BCUT2D eigenvalue weighted by Crippen LogP contribution is 1.94. The molecule has 0 radical (unpaired) electrons. The van der Waals surface area contributed by atoms with E-state index in [4.69, 9.17) is 14.2 Å². The molecule has 15 heavy (non-hydrogen) atoms. The van der Waals surface area contributed by atoms with Crippen LogP contribution in [-0.2, 0) is 14.2 Å². The van der Waals surface area contributed by atoms with Gasteiger partial charge < -0.3 is 14.2 Å². The number of hydrogen-bond donors (Lipinski definition) is 0. The zero-order valence-corrected chi connectivity index (χ0v) is 8.73. The van der Waals surface area contributed by atoms with Crippen molar-refractivity contribution in [1.29, 1.82) is 0 Å². The van der Waals surface area contributed by atoms with E-state index >= 15 is 0 Å². The lowest BCUT2D eigenvalue weighted by molar-refractivity contribution is -0.0222. The van der Waals surface area contributed by atoms with Gasteiger partial charge in [0, 0.05) is 12.7 Å². The summed E-state index contributed by atoms with van der Waals surface area (Å²) in [6.07, 6.45) is 2.56. The lowest BCUT2D eigenvalue weighted by atomic mass is 10.2. The first-order valence-corrected chi connectivity index (χ1v) is 4.68. The number of ether oxygens (including phenoxy) is 3. The molecule has 0 unspecified atom stereocenters. The highest BCUT2D eigenvalue weighted by molar-refractivity contribution is 5.32. The third kappa shape index (κ3) is 5.74. The van der Waals surface area contributed by atoms with E-state index in [-0.39, 0.29) is 6.79 Å². The highest BCUT2D eigenvalue weighted by Gasteiger charge is 1.85. The Bertz CT molecular complexity index is 311. The molecule has 0 aliphatic rings. The monoisotopic (exact) mass is 206 g/mol. The molecular formula is C12H14O3. The molecule has 1 rings (SSSR count). The van der Waals surface area contributed by atoms with Gasteiger partial charge in [-0.3, -0.25) is 0 Å². The van der Waals surface area contributed by atoms with Crippen LogP contribution >= 0.6 is 0 Å². The summed E-state index contributed by atoms with van der Waals surface area (Å²) in [7, 11) is 1.62. The second-order valence-electron chi connectivity index (χ2n) is 2.76. The Morgan fingerprint density at radius 2 is 1.93 bits per heavy atom. The van der Waals surface area contributed by atoms with E-state index in [2.05, 4.69) is 12.0 Å². The molecule has 0 saturated carbocycles. The van der Waals surface area contributed by atoms with E-state index in [0.29, 0.717) is 13.2 Å². The average Bonchev–Trinajstić information content (AvgIpc) is 2.29. The summed E-state index contributed by atoms with van der Waals surface area (Å²) in [6, 6.07) is 9.64. The summed E-state index contributed by atoms with van der Waals surface area (Å²) < 4.78 is 14.8. The molecule has 0 bridgehead atoms. The Balaban J connectivity index is 2.12. The normalized spacial score (nSPS) is 9.13. The minimum atomic E-state index is 0.170. The van der Waals surface area contributed by atoms with Crippen molar-refractivity contribution in [2.75, 3.05) is 27.1 Å². The maximum absolute atomic E-state index is 5.06. The van der Waals surface area contributed by atoms with Crippen LogP contribution in [0.25, 0.3) is 0 Å². The Hall–Kier alpha value is -1.50. The van der Waals surface area contributed by atoms with Crippen LogP contribution in [0.2, 0.25) is 0 Å². The molecule has 0 aliphatic heterocycles. The summed E-state index contributed by atoms with van der Waals surface area (Å²) in [5.74, 6) is 2.85. The van der Waals surface area contributed by atoms with Crippen LogP contribution in [0.4, 0.5) is 0 Å².